The standard InChI is InChI=1S/C2H3BrO3/c1-2-6-3(4)5/h2H,1H2. The average Bonchev–Trinajstić information content (AvgIpc) is 1.35. The molecule has 0 saturated heterocycles. The lowest BCUT2D eigenvalue weighted by Crippen LogP contribution is -2.32. The smallest absolute Gasteiger partial charge is 0.361 e. The van der Waals surface area contributed by atoms with Crippen molar-refractivity contribution in [3.05, 3.63) is 12.8 Å². The van der Waals surface area contributed by atoms with Crippen LogP contribution in [-0.2, 0) is 3.83 Å². The van der Waals surface area contributed by atoms with Gasteiger partial charge in [0.05, 0.1) is 0 Å². The fraction of sp³-hybridized carbons (Fsp3) is 0. The molecular formula is C2H3BrO3. The number of halogens is 1. The van der Waals surface area contributed by atoms with Gasteiger partial charge in [-0.1, -0.05) is 6.58 Å². The molecule has 0 rings (SSSR count). The zero-order valence-electron chi connectivity index (χ0n) is 2.89. The lowest BCUT2D eigenvalue weighted by molar-refractivity contribution is -1.63. The van der Waals surface area contributed by atoms with Gasteiger partial charge in [-0.25, -0.2) is 0 Å². The molecule has 36 valence electrons. The first-order valence-corrected chi connectivity index (χ1v) is 3.05. The second-order valence-electron chi connectivity index (χ2n) is 0.445. The number of hydrogen-bond donors (Lipinski definition) is 0. The molecule has 0 aliphatic rings. The maximum absolute atomic E-state index is 9.38. The van der Waals surface area contributed by atoms with Gasteiger partial charge in [0.2, 0.25) is 0 Å². The molecular weight excluding hydrogens is 152 g/mol. The maximum atomic E-state index is 9.38. The van der Waals surface area contributed by atoms with Gasteiger partial charge >= 0.3 is 14.8 Å². The van der Waals surface area contributed by atoms with Crippen LogP contribution in [0.2, 0.25) is 0 Å². The number of rotatable bonds is 2. The Kier molecular flexibility index (Phi) is 3.11. The van der Waals surface area contributed by atoms with Crippen molar-refractivity contribution >= 4 is 0 Å². The van der Waals surface area contributed by atoms with Crippen LogP contribution in [0.4, 0.5) is 0 Å². The van der Waals surface area contributed by atoms with Gasteiger partial charge in [0.1, 0.15) is 0 Å². The summed E-state index contributed by atoms with van der Waals surface area (Å²) in [5.74, 6) is 0. The summed E-state index contributed by atoms with van der Waals surface area (Å²) >= 11 is -3.02. The second kappa shape index (κ2) is 3.14. The molecule has 0 amide bonds. The minimum absolute atomic E-state index is 0.870. The van der Waals surface area contributed by atoms with Gasteiger partial charge in [-0.05, 0) is 0 Å². The van der Waals surface area contributed by atoms with E-state index in [4.69, 9.17) is 0 Å². The molecule has 0 fully saturated rings. The van der Waals surface area contributed by atoms with E-state index in [9.17, 15) is 8.40 Å². The van der Waals surface area contributed by atoms with Crippen molar-refractivity contribution in [2.75, 3.05) is 0 Å². The van der Waals surface area contributed by atoms with Gasteiger partial charge < -0.3 is 8.40 Å². The normalized spacial score (nSPS) is 8.50. The summed E-state index contributed by atoms with van der Waals surface area (Å²) in [6.45, 7) is 3.00. The van der Waals surface area contributed by atoms with E-state index in [0.717, 1.165) is 6.26 Å². The van der Waals surface area contributed by atoms with Crippen LogP contribution in [-0.4, -0.2) is 0 Å². The van der Waals surface area contributed by atoms with Gasteiger partial charge in [0.25, 0.3) is 0 Å². The molecule has 0 spiro atoms. The van der Waals surface area contributed by atoms with Crippen molar-refractivity contribution in [1.29, 1.82) is 0 Å². The molecule has 0 saturated carbocycles. The molecule has 0 aromatic heterocycles. The van der Waals surface area contributed by atoms with Crippen LogP contribution in [0.25, 0.3) is 0 Å². The molecule has 0 radical (unpaired) electrons. The molecule has 0 unspecified atom stereocenters. The van der Waals surface area contributed by atoms with E-state index >= 15 is 0 Å². The second-order valence-corrected chi connectivity index (χ2v) is 1.61. The highest BCUT2D eigenvalue weighted by atomic mass is 80.0. The fourth-order valence-electron chi connectivity index (χ4n) is 0.0514. The Labute approximate surface area is 40.7 Å². The topological polar surface area (TPSA) is 55.3 Å². The molecule has 4 heteroatoms. The van der Waals surface area contributed by atoms with Crippen LogP contribution in [0.1, 0.15) is 0 Å². The van der Waals surface area contributed by atoms with E-state index in [0.29, 0.717) is 0 Å². The Morgan fingerprint density at radius 2 is 2.17 bits per heavy atom. The Morgan fingerprint density at radius 1 is 1.67 bits per heavy atom. The zero-order valence-corrected chi connectivity index (χ0v) is 4.47. The summed E-state index contributed by atoms with van der Waals surface area (Å²) in [7, 11) is 0. The van der Waals surface area contributed by atoms with E-state index in [1.807, 2.05) is 0 Å². The van der Waals surface area contributed by atoms with Gasteiger partial charge in [-0.3, -0.25) is 0 Å². The van der Waals surface area contributed by atoms with Gasteiger partial charge in [0, 0.05) is 0 Å². The Bertz CT molecular complexity index is 44.1. The minimum Gasteiger partial charge on any atom is -0.361 e. The molecule has 0 aliphatic heterocycles. The van der Waals surface area contributed by atoms with Crippen LogP contribution in [0, 0.1) is 14.8 Å². The van der Waals surface area contributed by atoms with Crippen molar-refractivity contribution in [3.63, 3.8) is 0 Å². The van der Waals surface area contributed by atoms with Crippen LogP contribution in [0.5, 0.6) is 0 Å². The number of hydrogen-bond acceptors (Lipinski definition) is 3. The molecule has 0 bridgehead atoms. The molecule has 6 heavy (non-hydrogen) atoms. The maximum Gasteiger partial charge on any atom is 0.500 e. The van der Waals surface area contributed by atoms with Crippen molar-refractivity contribution < 1.29 is 27.0 Å². The highest BCUT2D eigenvalue weighted by molar-refractivity contribution is 4.40. The van der Waals surface area contributed by atoms with E-state index in [-0.39, 0.29) is 0 Å². The predicted octanol–water partition coefficient (Wildman–Crippen LogP) is -1.77. The lowest BCUT2D eigenvalue weighted by atomic mass is 11.2. The Balaban J connectivity index is 2.81. The van der Waals surface area contributed by atoms with Crippen molar-refractivity contribution in [3.8, 4) is 0 Å². The highest BCUT2D eigenvalue weighted by Gasteiger charge is 2.01. The van der Waals surface area contributed by atoms with Crippen LogP contribution in [0.15, 0.2) is 12.8 Å². The zero-order chi connectivity index (χ0) is 4.99. The van der Waals surface area contributed by atoms with Crippen LogP contribution >= 0.6 is 0 Å². The van der Waals surface area contributed by atoms with Crippen molar-refractivity contribution in [2.24, 2.45) is 0 Å². The minimum atomic E-state index is -3.02. The monoisotopic (exact) mass is 154 g/mol. The van der Waals surface area contributed by atoms with E-state index in [1.54, 1.807) is 0 Å². The summed E-state index contributed by atoms with van der Waals surface area (Å²) in [6, 6.07) is 0. The first-order chi connectivity index (χ1) is 2.77. The third-order valence-electron chi connectivity index (χ3n) is 0.136. The SMILES string of the molecule is C=CO[Br+2]([O-])[O-]. The van der Waals surface area contributed by atoms with Crippen molar-refractivity contribution in [2.45, 2.75) is 0 Å². The summed E-state index contributed by atoms with van der Waals surface area (Å²) in [5, 5.41) is 0. The van der Waals surface area contributed by atoms with Gasteiger partial charge in [-0.15, -0.1) is 3.83 Å². The lowest BCUT2D eigenvalue weighted by Gasteiger charge is -1.81. The van der Waals surface area contributed by atoms with Crippen molar-refractivity contribution in [1.82, 2.24) is 0 Å². The molecule has 0 heterocycles. The predicted molar refractivity (Wildman–Crippen MR) is 11.3 cm³/mol. The molecule has 0 aliphatic carbocycles. The van der Waals surface area contributed by atoms with Gasteiger partial charge in [0.15, 0.2) is 6.26 Å². The Hall–Kier alpha value is -0.0600. The molecule has 0 aromatic carbocycles. The first-order valence-electron chi connectivity index (χ1n) is 1.11. The summed E-state index contributed by atoms with van der Waals surface area (Å²) in [5.41, 5.74) is 0. The fourth-order valence-corrected chi connectivity index (χ4v) is 0.267. The summed E-state index contributed by atoms with van der Waals surface area (Å²) < 4.78 is 22.6. The third kappa shape index (κ3) is 3.94. The Morgan fingerprint density at radius 3 is 2.17 bits per heavy atom. The molecule has 0 aromatic rings. The molecule has 0 N–H and O–H groups in total. The molecule has 0 atom stereocenters. The summed E-state index contributed by atoms with van der Waals surface area (Å²) in [4.78, 5) is 0. The highest BCUT2D eigenvalue weighted by Crippen LogP contribution is 1.72. The van der Waals surface area contributed by atoms with Gasteiger partial charge in [-0.2, -0.15) is 0 Å². The first kappa shape index (κ1) is 5.94. The third-order valence-corrected chi connectivity index (χ3v) is 0.705. The van der Waals surface area contributed by atoms with E-state index < -0.39 is 14.8 Å². The largest absolute Gasteiger partial charge is 0.500 e. The van der Waals surface area contributed by atoms with E-state index in [1.165, 1.54) is 0 Å². The summed E-state index contributed by atoms with van der Waals surface area (Å²) in [6.07, 6.45) is 0.870. The average molecular weight is 155 g/mol. The van der Waals surface area contributed by atoms with Crippen LogP contribution < -0.4 is 8.40 Å². The molecule has 3 nitrogen and oxygen atoms in total. The quantitative estimate of drug-likeness (QED) is 0.443. The van der Waals surface area contributed by atoms with Crippen LogP contribution in [0.3, 0.4) is 0 Å². The van der Waals surface area contributed by atoms with E-state index in [2.05, 4.69) is 10.4 Å².